The lowest BCUT2D eigenvalue weighted by Gasteiger charge is -2.30. The van der Waals surface area contributed by atoms with Gasteiger partial charge < -0.3 is 18.6 Å². The second kappa shape index (κ2) is 11.1. The van der Waals surface area contributed by atoms with E-state index >= 15 is 0 Å². The number of rotatable bonds is 8. The quantitative estimate of drug-likeness (QED) is 0.468. The molecule has 0 N–H and O–H groups in total. The van der Waals surface area contributed by atoms with Gasteiger partial charge in [0.1, 0.15) is 12.4 Å². The fourth-order valence-corrected chi connectivity index (χ4v) is 4.73. The number of hydrogen-bond donors (Lipinski definition) is 0. The maximum atomic E-state index is 13.7. The van der Waals surface area contributed by atoms with E-state index in [1.165, 1.54) is 28.3 Å². The first-order valence-corrected chi connectivity index (χ1v) is 12.4. The predicted molar refractivity (Wildman–Crippen MR) is 134 cm³/mol. The molecular weight excluding hydrogens is 477 g/mol. The number of ether oxygens (including phenoxy) is 1. The molecule has 194 valence electrons. The van der Waals surface area contributed by atoms with Crippen LogP contribution in [-0.2, 0) is 16.6 Å². The SMILES string of the molecule is Cn1cccc1C1=NN(C(=O)CN(CCN2CCOCC2)C(=O)c2ccco2)C(c2ccc(F)cc2)C1. The van der Waals surface area contributed by atoms with Crippen LogP contribution in [0.4, 0.5) is 4.39 Å². The van der Waals surface area contributed by atoms with Gasteiger partial charge in [-0.15, -0.1) is 0 Å². The summed E-state index contributed by atoms with van der Waals surface area (Å²) in [6.07, 6.45) is 3.84. The molecule has 1 unspecified atom stereocenters. The molecule has 2 amide bonds. The van der Waals surface area contributed by atoms with Crippen LogP contribution in [0.5, 0.6) is 0 Å². The van der Waals surface area contributed by atoms with Gasteiger partial charge in [0.2, 0.25) is 0 Å². The minimum absolute atomic E-state index is 0.161. The first kappa shape index (κ1) is 24.9. The zero-order valence-electron chi connectivity index (χ0n) is 20.8. The third-order valence-corrected chi connectivity index (χ3v) is 6.80. The molecule has 1 aromatic carbocycles. The van der Waals surface area contributed by atoms with Gasteiger partial charge in [-0.05, 0) is 42.0 Å². The van der Waals surface area contributed by atoms with Crippen molar-refractivity contribution in [3.63, 3.8) is 0 Å². The number of aromatic nitrogens is 1. The van der Waals surface area contributed by atoms with E-state index < -0.39 is 6.04 Å². The Bertz CT molecular complexity index is 1250. The average Bonchev–Trinajstić information content (AvgIpc) is 3.68. The van der Waals surface area contributed by atoms with E-state index in [1.54, 1.807) is 24.3 Å². The van der Waals surface area contributed by atoms with E-state index in [0.717, 1.165) is 30.1 Å². The smallest absolute Gasteiger partial charge is 0.290 e. The second-order valence-electron chi connectivity index (χ2n) is 9.22. The molecule has 4 heterocycles. The van der Waals surface area contributed by atoms with Gasteiger partial charge in [-0.25, -0.2) is 9.40 Å². The van der Waals surface area contributed by atoms with E-state index in [1.807, 2.05) is 29.9 Å². The molecule has 10 heteroatoms. The standard InChI is InChI=1S/C27H30FN5O4/c1-30-10-2-4-23(30)22-18-24(20-6-8-21(28)9-7-20)33(29-22)26(34)19-32(27(35)25-5-3-15-37-25)12-11-31-13-16-36-17-14-31/h2-10,15,24H,11-14,16-19H2,1H3. The normalized spacial score (nSPS) is 18.2. The maximum absolute atomic E-state index is 13.7. The molecule has 2 aliphatic rings. The summed E-state index contributed by atoms with van der Waals surface area (Å²) in [7, 11) is 1.92. The summed E-state index contributed by atoms with van der Waals surface area (Å²) in [6.45, 7) is 3.66. The van der Waals surface area contributed by atoms with E-state index in [4.69, 9.17) is 14.3 Å². The van der Waals surface area contributed by atoms with Crippen LogP contribution in [0, 0.1) is 5.82 Å². The highest BCUT2D eigenvalue weighted by atomic mass is 19.1. The van der Waals surface area contributed by atoms with Crippen molar-refractivity contribution in [2.24, 2.45) is 12.1 Å². The molecule has 0 bridgehead atoms. The van der Waals surface area contributed by atoms with Crippen molar-refractivity contribution >= 4 is 17.5 Å². The molecule has 0 spiro atoms. The van der Waals surface area contributed by atoms with Gasteiger partial charge in [-0.3, -0.25) is 14.5 Å². The molecule has 2 aromatic heterocycles. The first-order chi connectivity index (χ1) is 18.0. The summed E-state index contributed by atoms with van der Waals surface area (Å²) in [4.78, 5) is 30.7. The van der Waals surface area contributed by atoms with Crippen LogP contribution in [-0.4, -0.2) is 82.8 Å². The van der Waals surface area contributed by atoms with Crippen molar-refractivity contribution in [3.05, 3.63) is 83.8 Å². The number of carbonyl (C=O) groups is 2. The largest absolute Gasteiger partial charge is 0.459 e. The van der Waals surface area contributed by atoms with Crippen molar-refractivity contribution in [1.82, 2.24) is 19.4 Å². The molecule has 0 aliphatic carbocycles. The summed E-state index contributed by atoms with van der Waals surface area (Å²) >= 11 is 0. The van der Waals surface area contributed by atoms with E-state index in [9.17, 15) is 14.0 Å². The Balaban J connectivity index is 1.39. The lowest BCUT2D eigenvalue weighted by atomic mass is 10.0. The van der Waals surface area contributed by atoms with Crippen LogP contribution in [0.2, 0.25) is 0 Å². The summed E-state index contributed by atoms with van der Waals surface area (Å²) < 4.78 is 26.3. The fourth-order valence-electron chi connectivity index (χ4n) is 4.73. The number of nitrogens with zero attached hydrogens (tertiary/aromatic N) is 5. The molecule has 0 saturated carbocycles. The third-order valence-electron chi connectivity index (χ3n) is 6.80. The summed E-state index contributed by atoms with van der Waals surface area (Å²) in [5, 5.41) is 6.13. The van der Waals surface area contributed by atoms with Crippen molar-refractivity contribution < 1.29 is 23.1 Å². The predicted octanol–water partition coefficient (Wildman–Crippen LogP) is 2.91. The molecule has 9 nitrogen and oxygen atoms in total. The topological polar surface area (TPSA) is 83.5 Å². The van der Waals surface area contributed by atoms with Gasteiger partial charge in [0.25, 0.3) is 11.8 Å². The number of benzene rings is 1. The van der Waals surface area contributed by atoms with Gasteiger partial charge in [0, 0.05) is 45.8 Å². The Morgan fingerprint density at radius 3 is 2.57 bits per heavy atom. The van der Waals surface area contributed by atoms with Crippen LogP contribution >= 0.6 is 0 Å². The number of halogens is 1. The van der Waals surface area contributed by atoms with E-state index in [0.29, 0.717) is 32.7 Å². The summed E-state index contributed by atoms with van der Waals surface area (Å²) in [5.41, 5.74) is 2.44. The van der Waals surface area contributed by atoms with Crippen molar-refractivity contribution in [2.45, 2.75) is 12.5 Å². The van der Waals surface area contributed by atoms with Gasteiger partial charge in [-0.2, -0.15) is 5.10 Å². The molecule has 2 aliphatic heterocycles. The zero-order valence-corrected chi connectivity index (χ0v) is 20.8. The van der Waals surface area contributed by atoms with Crippen LogP contribution < -0.4 is 0 Å². The van der Waals surface area contributed by atoms with E-state index in [-0.39, 0.29) is 29.9 Å². The Morgan fingerprint density at radius 2 is 1.89 bits per heavy atom. The molecule has 0 radical (unpaired) electrons. The number of carbonyl (C=O) groups excluding carboxylic acids is 2. The lowest BCUT2D eigenvalue weighted by molar-refractivity contribution is -0.133. The fraction of sp³-hybridized carbons (Fsp3) is 0.370. The number of aryl methyl sites for hydroxylation is 1. The van der Waals surface area contributed by atoms with Crippen molar-refractivity contribution in [3.8, 4) is 0 Å². The summed E-state index contributed by atoms with van der Waals surface area (Å²) in [6, 6.07) is 12.8. The van der Waals surface area contributed by atoms with E-state index in [2.05, 4.69) is 4.90 Å². The minimum atomic E-state index is -0.405. The molecule has 5 rings (SSSR count). The number of morpholine rings is 1. The molecule has 1 fully saturated rings. The number of amides is 2. The monoisotopic (exact) mass is 507 g/mol. The van der Waals surface area contributed by atoms with Crippen molar-refractivity contribution in [2.75, 3.05) is 45.9 Å². The lowest BCUT2D eigenvalue weighted by Crippen LogP contribution is -2.46. The Hall–Kier alpha value is -3.76. The number of furan rings is 1. The molecule has 1 atom stereocenters. The van der Waals surface area contributed by atoms with Crippen LogP contribution in [0.3, 0.4) is 0 Å². The first-order valence-electron chi connectivity index (χ1n) is 12.4. The van der Waals surface area contributed by atoms with Gasteiger partial charge in [0.05, 0.1) is 36.9 Å². The second-order valence-corrected chi connectivity index (χ2v) is 9.22. The van der Waals surface area contributed by atoms with Crippen LogP contribution in [0.15, 0.2) is 70.5 Å². The number of hydrogen-bond acceptors (Lipinski definition) is 6. The third kappa shape index (κ3) is 5.65. The molecule has 37 heavy (non-hydrogen) atoms. The van der Waals surface area contributed by atoms with Gasteiger partial charge in [0.15, 0.2) is 5.76 Å². The van der Waals surface area contributed by atoms with Crippen LogP contribution in [0.1, 0.15) is 34.3 Å². The molecule has 3 aromatic rings. The minimum Gasteiger partial charge on any atom is -0.459 e. The summed E-state index contributed by atoms with van der Waals surface area (Å²) in [5.74, 6) is -0.836. The highest BCUT2D eigenvalue weighted by Gasteiger charge is 2.35. The Labute approximate surface area is 214 Å². The highest BCUT2D eigenvalue weighted by Crippen LogP contribution is 2.33. The Morgan fingerprint density at radius 1 is 1.11 bits per heavy atom. The molecular formula is C27H30FN5O4. The highest BCUT2D eigenvalue weighted by molar-refractivity contribution is 6.02. The maximum Gasteiger partial charge on any atom is 0.290 e. The van der Waals surface area contributed by atoms with Gasteiger partial charge >= 0.3 is 0 Å². The Kier molecular flexibility index (Phi) is 7.47. The molecule has 1 saturated heterocycles. The number of hydrazone groups is 1. The average molecular weight is 508 g/mol. The van der Waals surface area contributed by atoms with Crippen molar-refractivity contribution in [1.29, 1.82) is 0 Å². The zero-order chi connectivity index (χ0) is 25.8. The van der Waals surface area contributed by atoms with Crippen LogP contribution in [0.25, 0.3) is 0 Å². The van der Waals surface area contributed by atoms with Gasteiger partial charge in [-0.1, -0.05) is 12.1 Å².